The Morgan fingerprint density at radius 1 is 0.469 bits per heavy atom. The fourth-order valence-electron chi connectivity index (χ4n) is 6.73. The fourth-order valence-corrected chi connectivity index (χ4v) is 6.73. The first kappa shape index (κ1) is 28.8. The smallest absolute Gasteiger partial charge is 0.164 e. The molecule has 0 fully saturated rings. The van der Waals surface area contributed by atoms with E-state index in [1.807, 2.05) is 48.5 Å². The van der Waals surface area contributed by atoms with E-state index in [-0.39, 0.29) is 0 Å². The van der Waals surface area contributed by atoms with Gasteiger partial charge in [0, 0.05) is 33.4 Å². The zero-order valence-electron chi connectivity index (χ0n) is 26.7. The number of hydrogen-bond acceptors (Lipinski definition) is 4. The van der Waals surface area contributed by atoms with Crippen LogP contribution in [0, 0.1) is 0 Å². The molecule has 1 unspecified atom stereocenters. The highest BCUT2D eigenvalue weighted by Crippen LogP contribution is 2.38. The van der Waals surface area contributed by atoms with Crippen molar-refractivity contribution in [3.05, 3.63) is 175 Å². The van der Waals surface area contributed by atoms with Gasteiger partial charge in [-0.3, -0.25) is 0 Å². The van der Waals surface area contributed by atoms with Crippen LogP contribution in [0.4, 0.5) is 0 Å². The van der Waals surface area contributed by atoms with E-state index < -0.39 is 0 Å². The summed E-state index contributed by atoms with van der Waals surface area (Å²) in [6.45, 7) is 0. The zero-order valence-corrected chi connectivity index (χ0v) is 26.7. The highest BCUT2D eigenvalue weighted by Gasteiger charge is 2.19. The van der Waals surface area contributed by atoms with E-state index in [0.29, 0.717) is 23.4 Å². The zero-order chi connectivity index (χ0) is 32.6. The van der Waals surface area contributed by atoms with Crippen LogP contribution < -0.4 is 0 Å². The summed E-state index contributed by atoms with van der Waals surface area (Å²) in [6, 6.07) is 50.4. The maximum absolute atomic E-state index is 6.45. The molecule has 0 amide bonds. The first-order chi connectivity index (χ1) is 24.3. The Morgan fingerprint density at radius 3 is 1.67 bits per heavy atom. The molecule has 0 spiro atoms. The first-order valence-electron chi connectivity index (χ1n) is 16.6. The van der Waals surface area contributed by atoms with Crippen LogP contribution >= 0.6 is 0 Å². The minimum Gasteiger partial charge on any atom is -0.456 e. The van der Waals surface area contributed by atoms with Crippen molar-refractivity contribution in [2.45, 2.75) is 12.3 Å². The minimum atomic E-state index is 0.349. The molecule has 0 saturated heterocycles. The number of allylic oxidation sites excluding steroid dienone is 4. The fraction of sp³-hybridized carbons (Fsp3) is 0.0444. The van der Waals surface area contributed by atoms with E-state index in [4.69, 9.17) is 19.4 Å². The van der Waals surface area contributed by atoms with Crippen molar-refractivity contribution in [1.82, 2.24) is 15.0 Å². The molecule has 1 atom stereocenters. The predicted octanol–water partition coefficient (Wildman–Crippen LogP) is 11.7. The van der Waals surface area contributed by atoms with E-state index in [2.05, 4.69) is 121 Å². The average molecular weight is 630 g/mol. The molecule has 2 aromatic heterocycles. The second-order valence-electron chi connectivity index (χ2n) is 12.4. The van der Waals surface area contributed by atoms with Crippen LogP contribution in [-0.2, 0) is 0 Å². The van der Waals surface area contributed by atoms with E-state index >= 15 is 0 Å². The Kier molecular flexibility index (Phi) is 7.25. The molecule has 1 aliphatic rings. The van der Waals surface area contributed by atoms with Crippen molar-refractivity contribution in [3.63, 3.8) is 0 Å². The van der Waals surface area contributed by atoms with Crippen LogP contribution in [0.15, 0.2) is 174 Å². The van der Waals surface area contributed by atoms with Gasteiger partial charge in [-0.2, -0.15) is 0 Å². The van der Waals surface area contributed by atoms with Crippen LogP contribution in [0.5, 0.6) is 0 Å². The van der Waals surface area contributed by atoms with Crippen molar-refractivity contribution in [1.29, 1.82) is 0 Å². The molecule has 4 heteroatoms. The monoisotopic (exact) mass is 629 g/mol. The summed E-state index contributed by atoms with van der Waals surface area (Å²) in [7, 11) is 0. The molecule has 1 aliphatic carbocycles. The van der Waals surface area contributed by atoms with Crippen LogP contribution in [0.25, 0.3) is 78.4 Å². The van der Waals surface area contributed by atoms with Gasteiger partial charge in [0.05, 0.1) is 0 Å². The Labute approximate surface area is 284 Å². The van der Waals surface area contributed by atoms with Crippen LogP contribution in [0.3, 0.4) is 0 Å². The van der Waals surface area contributed by atoms with Crippen LogP contribution in [0.1, 0.15) is 17.9 Å². The molecule has 6 aromatic carbocycles. The van der Waals surface area contributed by atoms with Gasteiger partial charge in [0.1, 0.15) is 11.2 Å². The van der Waals surface area contributed by atoms with Gasteiger partial charge in [-0.05, 0) is 46.4 Å². The maximum atomic E-state index is 6.45. The van der Waals surface area contributed by atoms with Crippen LogP contribution in [0.2, 0.25) is 0 Å². The Hall–Kier alpha value is -6.39. The summed E-state index contributed by atoms with van der Waals surface area (Å²) in [5.74, 6) is 2.22. The van der Waals surface area contributed by atoms with Crippen molar-refractivity contribution < 1.29 is 4.42 Å². The third kappa shape index (κ3) is 5.53. The quantitative estimate of drug-likeness (QED) is 0.184. The van der Waals surface area contributed by atoms with E-state index in [0.717, 1.165) is 56.2 Å². The van der Waals surface area contributed by atoms with Gasteiger partial charge in [0.25, 0.3) is 0 Å². The second kappa shape index (κ2) is 12.3. The largest absolute Gasteiger partial charge is 0.456 e. The van der Waals surface area contributed by atoms with Gasteiger partial charge in [-0.15, -0.1) is 0 Å². The summed E-state index contributed by atoms with van der Waals surface area (Å²) in [6.07, 6.45) is 9.68. The molecule has 0 bridgehead atoms. The highest BCUT2D eigenvalue weighted by molar-refractivity contribution is 6.12. The topological polar surface area (TPSA) is 51.8 Å². The lowest BCUT2D eigenvalue weighted by atomic mass is 9.92. The summed E-state index contributed by atoms with van der Waals surface area (Å²) >= 11 is 0. The summed E-state index contributed by atoms with van der Waals surface area (Å²) in [5.41, 5.74) is 10.4. The summed E-state index contributed by atoms with van der Waals surface area (Å²) in [5, 5.41) is 2.06. The molecule has 49 heavy (non-hydrogen) atoms. The number of nitrogens with zero attached hydrogens (tertiary/aromatic N) is 3. The summed E-state index contributed by atoms with van der Waals surface area (Å²) in [4.78, 5) is 15.1. The normalized spacial score (nSPS) is 14.1. The van der Waals surface area contributed by atoms with Gasteiger partial charge in [-0.25, -0.2) is 15.0 Å². The standard InChI is InChI=1S/C45H31N3O/c1-4-11-30(12-5-1)32-19-21-33(22-20-32)34-23-25-36(26-24-34)44-46-43(35-15-8-3-9-16-35)47-45(48-44)39-17-10-18-40-42(39)38-28-27-37(29-41(38)49-40)31-13-6-2-7-14-31/h1-13,15-29,31H,14H2. The Balaban J connectivity index is 1.12. The van der Waals surface area contributed by atoms with Crippen molar-refractivity contribution >= 4 is 21.9 Å². The third-order valence-corrected chi connectivity index (χ3v) is 9.31. The number of furan rings is 1. The molecular formula is C45H31N3O. The van der Waals surface area contributed by atoms with Gasteiger partial charge >= 0.3 is 0 Å². The molecule has 8 aromatic rings. The lowest BCUT2D eigenvalue weighted by Gasteiger charge is -2.13. The molecule has 2 heterocycles. The molecule has 0 saturated carbocycles. The Morgan fingerprint density at radius 2 is 1.04 bits per heavy atom. The predicted molar refractivity (Wildman–Crippen MR) is 200 cm³/mol. The number of hydrogen-bond donors (Lipinski definition) is 0. The van der Waals surface area contributed by atoms with Crippen molar-refractivity contribution in [3.8, 4) is 56.4 Å². The van der Waals surface area contributed by atoms with Crippen LogP contribution in [-0.4, -0.2) is 15.0 Å². The lowest BCUT2D eigenvalue weighted by Crippen LogP contribution is -2.00. The van der Waals surface area contributed by atoms with Gasteiger partial charge < -0.3 is 4.42 Å². The average Bonchev–Trinajstić information content (AvgIpc) is 3.57. The van der Waals surface area contributed by atoms with E-state index in [1.54, 1.807) is 0 Å². The van der Waals surface area contributed by atoms with Crippen molar-refractivity contribution in [2.24, 2.45) is 0 Å². The Bertz CT molecular complexity index is 2500. The van der Waals surface area contributed by atoms with Gasteiger partial charge in [0.15, 0.2) is 17.5 Å². The number of benzene rings is 6. The van der Waals surface area contributed by atoms with Crippen molar-refractivity contribution in [2.75, 3.05) is 0 Å². The number of fused-ring (bicyclic) bond motifs is 3. The number of aromatic nitrogens is 3. The molecular weight excluding hydrogens is 599 g/mol. The van der Waals surface area contributed by atoms with E-state index in [9.17, 15) is 0 Å². The third-order valence-electron chi connectivity index (χ3n) is 9.31. The van der Waals surface area contributed by atoms with Gasteiger partial charge in [-0.1, -0.05) is 158 Å². The lowest BCUT2D eigenvalue weighted by molar-refractivity contribution is 0.667. The van der Waals surface area contributed by atoms with E-state index in [1.165, 1.54) is 16.7 Å². The second-order valence-corrected chi connectivity index (χ2v) is 12.4. The summed E-state index contributed by atoms with van der Waals surface area (Å²) < 4.78 is 6.45. The SMILES string of the molecule is C1=CCC(c2ccc3c(c2)oc2cccc(-c4nc(-c5ccccc5)nc(-c5ccc(-c6ccc(-c7ccccc7)cc6)cc5)n4)c23)C=C1. The molecule has 9 rings (SSSR count). The molecule has 0 aliphatic heterocycles. The number of rotatable bonds is 6. The molecule has 0 radical (unpaired) electrons. The highest BCUT2D eigenvalue weighted by atomic mass is 16.3. The molecule has 232 valence electrons. The minimum absolute atomic E-state index is 0.349. The van der Waals surface area contributed by atoms with Gasteiger partial charge in [0.2, 0.25) is 0 Å². The molecule has 0 N–H and O–H groups in total. The first-order valence-corrected chi connectivity index (χ1v) is 16.6. The molecule has 4 nitrogen and oxygen atoms in total. The maximum Gasteiger partial charge on any atom is 0.164 e.